The van der Waals surface area contributed by atoms with Gasteiger partial charge in [-0.1, -0.05) is 79.0 Å². The quantitative estimate of drug-likeness (QED) is 0.0878. The fraction of sp³-hybridized carbons (Fsp3) is 0.364. The molecule has 47 heavy (non-hydrogen) atoms. The van der Waals surface area contributed by atoms with Crippen LogP contribution < -0.4 is 15.4 Å². The van der Waals surface area contributed by atoms with Crippen LogP contribution in [0.25, 0.3) is 11.1 Å². The first-order chi connectivity index (χ1) is 22.3. The van der Waals surface area contributed by atoms with Gasteiger partial charge in [-0.3, -0.25) is 14.4 Å². The van der Waals surface area contributed by atoms with Crippen molar-refractivity contribution in [1.29, 1.82) is 0 Å². The van der Waals surface area contributed by atoms with E-state index in [1.165, 1.54) is 19.1 Å². The van der Waals surface area contributed by atoms with E-state index in [1.54, 1.807) is 30.3 Å². The van der Waals surface area contributed by atoms with E-state index in [9.17, 15) is 27.9 Å². The second-order valence-electron chi connectivity index (χ2n) is 10.6. The van der Waals surface area contributed by atoms with Crippen LogP contribution in [0.1, 0.15) is 44.2 Å². The maximum atomic E-state index is 12.8. The molecular formula is C33H41Cl2N3O7S2. The topological polar surface area (TPSA) is 162 Å². The molecule has 0 saturated heterocycles. The number of nitrogens with one attached hydrogen (secondary N) is 3. The number of carboxylic acid groups (broad SMARTS) is 1. The van der Waals surface area contributed by atoms with Gasteiger partial charge in [-0.25, -0.2) is 13.1 Å². The molecular weight excluding hydrogens is 685 g/mol. The van der Waals surface area contributed by atoms with E-state index in [4.69, 9.17) is 28.3 Å². The van der Waals surface area contributed by atoms with Crippen molar-refractivity contribution < 1.29 is 33.0 Å². The Bertz CT molecular complexity index is 1600. The number of aliphatic hydroxyl groups is 1. The van der Waals surface area contributed by atoms with E-state index in [1.807, 2.05) is 35.9 Å². The summed E-state index contributed by atoms with van der Waals surface area (Å²) in [5.74, 6) is -1.67. The van der Waals surface area contributed by atoms with Crippen LogP contribution in [0, 0.1) is 5.92 Å². The van der Waals surface area contributed by atoms with E-state index in [2.05, 4.69) is 23.3 Å². The molecule has 3 aromatic carbocycles. The van der Waals surface area contributed by atoms with E-state index < -0.39 is 28.0 Å². The van der Waals surface area contributed by atoms with Crippen LogP contribution in [0.2, 0.25) is 10.0 Å². The lowest BCUT2D eigenvalue weighted by Gasteiger charge is -2.15. The first-order valence-corrected chi connectivity index (χ1v) is 17.8. The van der Waals surface area contributed by atoms with Crippen molar-refractivity contribution in [3.8, 4) is 11.1 Å². The number of unbranched alkanes of at least 4 members (excludes halogenated alkanes) is 1. The Morgan fingerprint density at radius 1 is 0.915 bits per heavy atom. The Morgan fingerprint density at radius 3 is 2.23 bits per heavy atom. The van der Waals surface area contributed by atoms with Gasteiger partial charge in [-0.05, 0) is 55.2 Å². The summed E-state index contributed by atoms with van der Waals surface area (Å²) in [7, 11) is -4.24. The van der Waals surface area contributed by atoms with Crippen molar-refractivity contribution in [2.24, 2.45) is 5.92 Å². The van der Waals surface area contributed by atoms with E-state index >= 15 is 0 Å². The van der Waals surface area contributed by atoms with Crippen molar-refractivity contribution in [3.63, 3.8) is 0 Å². The highest BCUT2D eigenvalue weighted by molar-refractivity contribution is 7.90. The Hall–Kier alpha value is -3.13. The summed E-state index contributed by atoms with van der Waals surface area (Å²) in [4.78, 5) is 34.0. The zero-order valence-electron chi connectivity index (χ0n) is 26.2. The molecule has 10 nitrogen and oxygen atoms in total. The maximum absolute atomic E-state index is 12.8. The molecule has 256 valence electrons. The Balaban J connectivity index is 0.000000984. The zero-order valence-corrected chi connectivity index (χ0v) is 29.4. The summed E-state index contributed by atoms with van der Waals surface area (Å²) in [6.45, 7) is 4.57. The minimum Gasteiger partial charge on any atom is -0.481 e. The fourth-order valence-electron chi connectivity index (χ4n) is 4.25. The van der Waals surface area contributed by atoms with Crippen LogP contribution in [0.15, 0.2) is 71.6 Å². The third-order valence-electron chi connectivity index (χ3n) is 6.75. The van der Waals surface area contributed by atoms with Gasteiger partial charge in [0.25, 0.3) is 15.9 Å². The van der Waals surface area contributed by atoms with Crippen LogP contribution >= 0.6 is 35.8 Å². The molecule has 0 unspecified atom stereocenters. The molecule has 2 atom stereocenters. The van der Waals surface area contributed by atoms with Crippen molar-refractivity contribution >= 4 is 63.6 Å². The van der Waals surface area contributed by atoms with Gasteiger partial charge in [-0.15, -0.1) is 0 Å². The number of rotatable bonds is 16. The largest absolute Gasteiger partial charge is 0.481 e. The lowest BCUT2D eigenvalue weighted by Crippen LogP contribution is -2.37. The normalized spacial score (nSPS) is 12.3. The van der Waals surface area contributed by atoms with Crippen LogP contribution in [0.4, 0.5) is 0 Å². The average molecular weight is 727 g/mol. The van der Waals surface area contributed by atoms with Crippen molar-refractivity contribution in [3.05, 3.63) is 87.9 Å². The highest BCUT2D eigenvalue weighted by atomic mass is 35.5. The maximum Gasteiger partial charge on any atom is 0.303 e. The van der Waals surface area contributed by atoms with Gasteiger partial charge in [0.1, 0.15) is 6.10 Å². The summed E-state index contributed by atoms with van der Waals surface area (Å²) in [6.07, 6.45) is 1.15. The summed E-state index contributed by atoms with van der Waals surface area (Å²) in [6, 6.07) is 18.8. The molecule has 5 N–H and O–H groups in total. The minimum atomic E-state index is -4.24. The lowest BCUT2D eigenvalue weighted by molar-refractivity contribution is -0.137. The third-order valence-corrected chi connectivity index (χ3v) is 9.14. The smallest absolute Gasteiger partial charge is 0.303 e. The number of aliphatic hydroxyl groups excluding tert-OH is 1. The lowest BCUT2D eigenvalue weighted by atomic mass is 10.0. The predicted molar refractivity (Wildman–Crippen MR) is 188 cm³/mol. The minimum absolute atomic E-state index is 0.0811. The summed E-state index contributed by atoms with van der Waals surface area (Å²) in [5.41, 5.74) is 2.62. The number of carboxylic acids is 1. The van der Waals surface area contributed by atoms with Crippen molar-refractivity contribution in [2.45, 2.75) is 57.1 Å². The fourth-order valence-corrected chi connectivity index (χ4v) is 6.33. The molecule has 0 aliphatic heterocycles. The van der Waals surface area contributed by atoms with Gasteiger partial charge >= 0.3 is 5.97 Å². The van der Waals surface area contributed by atoms with Gasteiger partial charge < -0.3 is 20.8 Å². The van der Waals surface area contributed by atoms with Gasteiger partial charge in [0.05, 0.1) is 10.8 Å². The molecule has 0 saturated carbocycles. The predicted octanol–water partition coefficient (Wildman–Crippen LogP) is 5.10. The van der Waals surface area contributed by atoms with Gasteiger partial charge in [0.15, 0.2) is 0 Å². The van der Waals surface area contributed by atoms with Gasteiger partial charge in [-0.2, -0.15) is 12.6 Å². The standard InChI is InChI=1S/C28H31Cl2N3O5S2.C5H10O2/c1-18(34)27(35)33-40(37,38)26-8-3-2-7-24(26)23-10-9-20(15-25(23)30)16-31-11-12-32-28(36)21(17-39)13-19-5-4-6-22(29)14-19;1-2-3-4-5(6)7/h2-10,14-15,18,21,31,34,39H,11-13,16-17H2,1H3,(H,32,36)(H,33,35);2-4H2,1H3,(H,6,7)/t18-,21+;/m0./s1. The number of halogens is 2. The molecule has 0 aromatic heterocycles. The number of amides is 2. The molecule has 14 heteroatoms. The van der Waals surface area contributed by atoms with Crippen LogP contribution in [-0.4, -0.2) is 61.4 Å². The Morgan fingerprint density at radius 2 is 1.64 bits per heavy atom. The zero-order chi connectivity index (χ0) is 35.0. The Kier molecular flexibility index (Phi) is 17.3. The molecule has 0 spiro atoms. The molecule has 0 fully saturated rings. The van der Waals surface area contributed by atoms with E-state index in [0.29, 0.717) is 59.4 Å². The number of benzene rings is 3. The first-order valence-electron chi connectivity index (χ1n) is 15.0. The summed E-state index contributed by atoms with van der Waals surface area (Å²) < 4.78 is 27.5. The second-order valence-corrected chi connectivity index (χ2v) is 13.5. The van der Waals surface area contributed by atoms with Crippen LogP contribution in [0.3, 0.4) is 0 Å². The van der Waals surface area contributed by atoms with Crippen molar-refractivity contribution in [2.75, 3.05) is 18.8 Å². The molecule has 0 bridgehead atoms. The van der Waals surface area contributed by atoms with E-state index in [-0.39, 0.29) is 16.7 Å². The third kappa shape index (κ3) is 13.9. The molecule has 0 radical (unpaired) electrons. The van der Waals surface area contributed by atoms with Crippen LogP contribution in [0.5, 0.6) is 0 Å². The summed E-state index contributed by atoms with van der Waals surface area (Å²) >= 11 is 16.9. The average Bonchev–Trinajstić information content (AvgIpc) is 3.02. The highest BCUT2D eigenvalue weighted by Gasteiger charge is 2.24. The van der Waals surface area contributed by atoms with Crippen LogP contribution in [-0.2, 0) is 37.4 Å². The second kappa shape index (κ2) is 20.3. The number of carbonyl (C=O) groups is 3. The molecule has 3 aromatic rings. The van der Waals surface area contributed by atoms with Crippen molar-refractivity contribution in [1.82, 2.24) is 15.4 Å². The van der Waals surface area contributed by atoms with Gasteiger partial charge in [0, 0.05) is 53.0 Å². The number of hydrogen-bond donors (Lipinski definition) is 6. The molecule has 0 aliphatic rings. The number of hydrogen-bond acceptors (Lipinski definition) is 8. The van der Waals surface area contributed by atoms with E-state index in [0.717, 1.165) is 24.0 Å². The number of aliphatic carboxylic acids is 1. The highest BCUT2D eigenvalue weighted by Crippen LogP contribution is 2.33. The first kappa shape index (κ1) is 40.0. The summed E-state index contributed by atoms with van der Waals surface area (Å²) in [5, 5.41) is 24.6. The molecule has 0 heterocycles. The van der Waals surface area contributed by atoms with Gasteiger partial charge in [0.2, 0.25) is 5.91 Å². The number of sulfonamides is 1. The number of carbonyl (C=O) groups excluding carboxylic acids is 2. The Labute approximate surface area is 291 Å². The molecule has 0 aliphatic carbocycles. The number of thiol groups is 1. The molecule has 2 amide bonds. The molecule has 3 rings (SSSR count). The monoisotopic (exact) mass is 725 g/mol. The SMILES string of the molecule is CCCCC(=O)O.C[C@H](O)C(=O)NS(=O)(=O)c1ccccc1-c1ccc(CNCCNC(=O)[C@@H](CS)Cc2cccc(Cl)c2)cc1Cl.